The Hall–Kier alpha value is -2.35. The van der Waals surface area contributed by atoms with E-state index in [1.54, 1.807) is 12.1 Å². The molecule has 3 rings (SSSR count). The van der Waals surface area contributed by atoms with Crippen LogP contribution in [0.5, 0.6) is 5.75 Å². The van der Waals surface area contributed by atoms with E-state index in [1.807, 2.05) is 24.8 Å². The summed E-state index contributed by atoms with van der Waals surface area (Å²) in [6, 6.07) is 5.47. The van der Waals surface area contributed by atoms with Crippen LogP contribution in [0.1, 0.15) is 18.9 Å². The summed E-state index contributed by atoms with van der Waals surface area (Å²) >= 11 is 1.40. The van der Waals surface area contributed by atoms with Gasteiger partial charge in [0.2, 0.25) is 11.0 Å². The molecule has 2 aromatic rings. The molecule has 0 spiro atoms. The molecule has 1 aromatic carbocycles. The summed E-state index contributed by atoms with van der Waals surface area (Å²) in [6.07, 6.45) is 0.800. The Morgan fingerprint density at radius 3 is 3.09 bits per heavy atom. The van der Waals surface area contributed by atoms with E-state index in [-0.39, 0.29) is 18.6 Å². The van der Waals surface area contributed by atoms with Crippen LogP contribution in [0.3, 0.4) is 0 Å². The van der Waals surface area contributed by atoms with Gasteiger partial charge < -0.3 is 15.4 Å². The van der Waals surface area contributed by atoms with Crippen LogP contribution in [0.15, 0.2) is 18.2 Å². The molecule has 0 bridgehead atoms. The van der Waals surface area contributed by atoms with Gasteiger partial charge in [-0.05, 0) is 25.5 Å². The Morgan fingerprint density at radius 2 is 2.35 bits per heavy atom. The third-order valence-electron chi connectivity index (χ3n) is 3.48. The van der Waals surface area contributed by atoms with Crippen LogP contribution < -0.4 is 20.7 Å². The van der Waals surface area contributed by atoms with E-state index in [2.05, 4.69) is 15.5 Å². The fraction of sp³-hybridized carbons (Fsp3) is 0.400. The fourth-order valence-corrected chi connectivity index (χ4v) is 3.17. The van der Waals surface area contributed by atoms with Crippen LogP contribution in [0.4, 0.5) is 16.5 Å². The largest absolute Gasteiger partial charge is 0.487 e. The maximum absolute atomic E-state index is 12.3. The monoisotopic (exact) mass is 333 g/mol. The van der Waals surface area contributed by atoms with Gasteiger partial charge in [-0.2, -0.15) is 0 Å². The molecule has 1 amide bonds. The number of nitrogen functional groups attached to an aromatic ring is 1. The third-order valence-corrected chi connectivity index (χ3v) is 4.46. The van der Waals surface area contributed by atoms with Crippen LogP contribution in [-0.4, -0.2) is 35.3 Å². The quantitative estimate of drug-likeness (QED) is 0.830. The number of fused-ring (bicyclic) bond motifs is 1. The number of aromatic nitrogens is 2. The summed E-state index contributed by atoms with van der Waals surface area (Å²) in [7, 11) is 0. The summed E-state index contributed by atoms with van der Waals surface area (Å²) in [6.45, 7) is 4.84. The predicted octanol–water partition coefficient (Wildman–Crippen LogP) is 1.91. The molecule has 2 heterocycles. The molecule has 122 valence electrons. The van der Waals surface area contributed by atoms with Crippen molar-refractivity contribution in [1.82, 2.24) is 10.2 Å². The maximum atomic E-state index is 12.3. The van der Waals surface area contributed by atoms with Gasteiger partial charge in [0.1, 0.15) is 16.9 Å². The molecule has 0 fully saturated rings. The molecule has 3 N–H and O–H groups in total. The molecular formula is C15H19N5O2S. The normalized spacial score (nSPS) is 16.6. The van der Waals surface area contributed by atoms with Crippen LogP contribution >= 0.6 is 11.3 Å². The molecule has 23 heavy (non-hydrogen) atoms. The van der Waals surface area contributed by atoms with Gasteiger partial charge in [0, 0.05) is 11.8 Å². The van der Waals surface area contributed by atoms with E-state index >= 15 is 0 Å². The fourth-order valence-electron chi connectivity index (χ4n) is 2.48. The standard InChI is InChI=1S/C15H19N5O2S/c1-3-14-18-19-15(23-14)17-13(21)8-20-7-9(2)22-12-6-10(16)4-5-11(12)20/h4-6,9H,3,7-8,16H2,1-2H3,(H,17,19,21). The zero-order chi connectivity index (χ0) is 16.4. The van der Waals surface area contributed by atoms with Crippen LogP contribution in [0, 0.1) is 0 Å². The van der Waals surface area contributed by atoms with Crippen LogP contribution in [0.25, 0.3) is 0 Å². The third kappa shape index (κ3) is 3.53. The molecule has 0 radical (unpaired) electrons. The number of aryl methyl sites for hydroxylation is 1. The van der Waals surface area contributed by atoms with E-state index in [1.165, 1.54) is 11.3 Å². The molecule has 8 heteroatoms. The van der Waals surface area contributed by atoms with E-state index in [4.69, 9.17) is 10.5 Å². The van der Waals surface area contributed by atoms with Crippen molar-refractivity contribution < 1.29 is 9.53 Å². The highest BCUT2D eigenvalue weighted by Gasteiger charge is 2.25. The zero-order valence-electron chi connectivity index (χ0n) is 13.1. The van der Waals surface area contributed by atoms with Gasteiger partial charge in [0.15, 0.2) is 0 Å². The van der Waals surface area contributed by atoms with Gasteiger partial charge in [0.05, 0.1) is 18.8 Å². The lowest BCUT2D eigenvalue weighted by molar-refractivity contribution is -0.115. The first-order chi connectivity index (χ1) is 11.0. The zero-order valence-corrected chi connectivity index (χ0v) is 13.9. The molecule has 1 aliphatic rings. The van der Waals surface area contributed by atoms with Gasteiger partial charge in [-0.1, -0.05) is 18.3 Å². The lowest BCUT2D eigenvalue weighted by Gasteiger charge is -2.34. The molecule has 0 saturated heterocycles. The van der Waals surface area contributed by atoms with Crippen molar-refractivity contribution in [3.05, 3.63) is 23.2 Å². The lowest BCUT2D eigenvalue weighted by Crippen LogP contribution is -2.42. The smallest absolute Gasteiger partial charge is 0.245 e. The SMILES string of the molecule is CCc1nnc(NC(=O)CN2CC(C)Oc3cc(N)ccc32)s1. The van der Waals surface area contributed by atoms with Gasteiger partial charge in [-0.15, -0.1) is 10.2 Å². The molecule has 1 unspecified atom stereocenters. The number of carbonyl (C=O) groups excluding carboxylic acids is 1. The summed E-state index contributed by atoms with van der Waals surface area (Å²) in [5.41, 5.74) is 7.32. The van der Waals surface area contributed by atoms with E-state index in [0.29, 0.717) is 23.1 Å². The molecule has 1 aromatic heterocycles. The number of anilines is 3. The lowest BCUT2D eigenvalue weighted by atomic mass is 10.2. The average Bonchev–Trinajstić information content (AvgIpc) is 2.93. The minimum Gasteiger partial charge on any atom is -0.487 e. The Balaban J connectivity index is 1.71. The molecule has 0 saturated carbocycles. The second-order valence-electron chi connectivity index (χ2n) is 5.44. The van der Waals surface area contributed by atoms with Crippen molar-refractivity contribution in [2.24, 2.45) is 0 Å². The number of benzene rings is 1. The average molecular weight is 333 g/mol. The number of hydrogen-bond acceptors (Lipinski definition) is 7. The van der Waals surface area contributed by atoms with Gasteiger partial charge in [0.25, 0.3) is 0 Å². The summed E-state index contributed by atoms with van der Waals surface area (Å²) in [5, 5.41) is 12.2. The highest BCUT2D eigenvalue weighted by Crippen LogP contribution is 2.34. The van der Waals surface area contributed by atoms with Gasteiger partial charge in [-0.3, -0.25) is 10.1 Å². The Kier molecular flexibility index (Phi) is 4.33. The van der Waals surface area contributed by atoms with Gasteiger partial charge >= 0.3 is 0 Å². The number of hydrogen-bond donors (Lipinski definition) is 2. The second-order valence-corrected chi connectivity index (χ2v) is 6.50. The van der Waals surface area contributed by atoms with E-state index in [0.717, 1.165) is 17.1 Å². The first-order valence-corrected chi connectivity index (χ1v) is 8.30. The predicted molar refractivity (Wildman–Crippen MR) is 91.1 cm³/mol. The number of rotatable bonds is 4. The Labute approximate surface area is 138 Å². The van der Waals surface area contributed by atoms with Crippen molar-refractivity contribution in [1.29, 1.82) is 0 Å². The molecular weight excluding hydrogens is 314 g/mol. The van der Waals surface area contributed by atoms with E-state index < -0.39 is 0 Å². The highest BCUT2D eigenvalue weighted by molar-refractivity contribution is 7.15. The van der Waals surface area contributed by atoms with Crippen molar-refractivity contribution >= 4 is 33.8 Å². The van der Waals surface area contributed by atoms with Crippen molar-refractivity contribution in [3.63, 3.8) is 0 Å². The summed E-state index contributed by atoms with van der Waals surface area (Å²) in [4.78, 5) is 14.3. The minimum absolute atomic E-state index is 0.00896. The van der Waals surface area contributed by atoms with Crippen LogP contribution in [-0.2, 0) is 11.2 Å². The minimum atomic E-state index is -0.124. The molecule has 0 aliphatic carbocycles. The number of carbonyl (C=O) groups is 1. The second kappa shape index (κ2) is 6.41. The van der Waals surface area contributed by atoms with Crippen molar-refractivity contribution in [3.8, 4) is 5.75 Å². The number of nitrogens with zero attached hydrogens (tertiary/aromatic N) is 3. The maximum Gasteiger partial charge on any atom is 0.245 e. The van der Waals surface area contributed by atoms with Gasteiger partial charge in [-0.25, -0.2) is 0 Å². The number of nitrogens with one attached hydrogen (secondary N) is 1. The molecule has 1 atom stereocenters. The Bertz CT molecular complexity index is 718. The van der Waals surface area contributed by atoms with Crippen LogP contribution in [0.2, 0.25) is 0 Å². The molecule has 1 aliphatic heterocycles. The van der Waals surface area contributed by atoms with Crippen molar-refractivity contribution in [2.75, 3.05) is 29.0 Å². The summed E-state index contributed by atoms with van der Waals surface area (Å²) < 4.78 is 5.79. The highest BCUT2D eigenvalue weighted by atomic mass is 32.1. The summed E-state index contributed by atoms with van der Waals surface area (Å²) in [5.74, 6) is 0.585. The Morgan fingerprint density at radius 1 is 1.52 bits per heavy atom. The number of ether oxygens (including phenoxy) is 1. The first-order valence-electron chi connectivity index (χ1n) is 7.48. The van der Waals surface area contributed by atoms with Crippen molar-refractivity contribution in [2.45, 2.75) is 26.4 Å². The number of amides is 1. The molecule has 7 nitrogen and oxygen atoms in total. The van der Waals surface area contributed by atoms with E-state index in [9.17, 15) is 4.79 Å². The topological polar surface area (TPSA) is 93.4 Å². The number of nitrogens with two attached hydrogens (primary N) is 1. The first kappa shape index (κ1) is 15.5.